The van der Waals surface area contributed by atoms with Gasteiger partial charge in [0, 0.05) is 19.5 Å². The Labute approximate surface area is 194 Å². The van der Waals surface area contributed by atoms with Gasteiger partial charge in [-0.25, -0.2) is 4.98 Å². The second-order valence-electron chi connectivity index (χ2n) is 8.08. The molecule has 4 aromatic rings. The molecular formula is C27H31N3O3. The summed E-state index contributed by atoms with van der Waals surface area (Å²) in [6.07, 6.45) is 7.49. The number of hydrogen-bond acceptors (Lipinski definition) is 4. The molecule has 0 unspecified atom stereocenters. The molecule has 0 saturated carbocycles. The Bertz CT molecular complexity index is 1120. The third-order valence-electron chi connectivity index (χ3n) is 5.63. The van der Waals surface area contributed by atoms with Crippen molar-refractivity contribution in [3.63, 3.8) is 0 Å². The number of carbonyl (C=O) groups excluding carboxylic acids is 1. The van der Waals surface area contributed by atoms with E-state index in [1.807, 2.05) is 36.4 Å². The molecule has 1 N–H and O–H groups in total. The zero-order valence-corrected chi connectivity index (χ0v) is 18.9. The van der Waals surface area contributed by atoms with Crippen molar-refractivity contribution < 1.29 is 13.9 Å². The van der Waals surface area contributed by atoms with Crippen LogP contribution >= 0.6 is 0 Å². The van der Waals surface area contributed by atoms with Crippen LogP contribution in [0.4, 0.5) is 0 Å². The molecule has 2 aromatic carbocycles. The van der Waals surface area contributed by atoms with Crippen molar-refractivity contribution in [3.05, 3.63) is 84.6 Å². The van der Waals surface area contributed by atoms with Crippen molar-refractivity contribution in [1.29, 1.82) is 0 Å². The van der Waals surface area contributed by atoms with Gasteiger partial charge in [-0.3, -0.25) is 4.79 Å². The van der Waals surface area contributed by atoms with Gasteiger partial charge in [0.05, 0.1) is 23.9 Å². The molecule has 6 heteroatoms. The number of aromatic nitrogens is 2. The number of carbonyl (C=O) groups is 1. The number of nitrogens with zero attached hydrogens (tertiary/aromatic N) is 2. The normalized spacial score (nSPS) is 11.0. The number of rotatable bonds is 13. The molecule has 0 radical (unpaired) electrons. The zero-order valence-electron chi connectivity index (χ0n) is 18.9. The van der Waals surface area contributed by atoms with Crippen LogP contribution in [-0.4, -0.2) is 28.6 Å². The second-order valence-corrected chi connectivity index (χ2v) is 8.08. The molecule has 6 nitrogen and oxygen atoms in total. The van der Waals surface area contributed by atoms with Gasteiger partial charge in [0.25, 0.3) is 5.91 Å². The molecule has 2 heterocycles. The van der Waals surface area contributed by atoms with Crippen molar-refractivity contribution in [1.82, 2.24) is 14.9 Å². The Morgan fingerprint density at radius 1 is 0.909 bits per heavy atom. The second kappa shape index (κ2) is 11.9. The van der Waals surface area contributed by atoms with Crippen LogP contribution in [0.3, 0.4) is 0 Å². The highest BCUT2D eigenvalue weighted by Gasteiger charge is 2.10. The van der Waals surface area contributed by atoms with E-state index in [-0.39, 0.29) is 5.91 Å². The maximum absolute atomic E-state index is 11.9. The van der Waals surface area contributed by atoms with Crippen LogP contribution in [0.2, 0.25) is 0 Å². The smallest absolute Gasteiger partial charge is 0.286 e. The number of hydrogen-bond donors (Lipinski definition) is 1. The average molecular weight is 446 g/mol. The molecule has 2 aromatic heterocycles. The largest absolute Gasteiger partial charge is 0.494 e. The van der Waals surface area contributed by atoms with Crippen molar-refractivity contribution in [2.24, 2.45) is 0 Å². The summed E-state index contributed by atoms with van der Waals surface area (Å²) in [6, 6.07) is 21.7. The van der Waals surface area contributed by atoms with E-state index in [0.29, 0.717) is 12.3 Å². The van der Waals surface area contributed by atoms with Crippen molar-refractivity contribution in [3.8, 4) is 5.75 Å². The summed E-state index contributed by atoms with van der Waals surface area (Å²) in [5.74, 6) is 2.27. The van der Waals surface area contributed by atoms with Crippen LogP contribution in [0.15, 0.2) is 77.4 Å². The average Bonchev–Trinajstić information content (AvgIpc) is 3.50. The van der Waals surface area contributed by atoms with Crippen LogP contribution in [0.25, 0.3) is 11.0 Å². The topological polar surface area (TPSA) is 69.3 Å². The van der Waals surface area contributed by atoms with Crippen LogP contribution in [0.5, 0.6) is 5.75 Å². The predicted octanol–water partition coefficient (Wildman–Crippen LogP) is 5.63. The lowest BCUT2D eigenvalue weighted by Crippen LogP contribution is -2.23. The molecule has 0 spiro atoms. The van der Waals surface area contributed by atoms with Crippen molar-refractivity contribution in [2.75, 3.05) is 13.2 Å². The summed E-state index contributed by atoms with van der Waals surface area (Å²) in [7, 11) is 0. The number of nitrogens with one attached hydrogen (secondary N) is 1. The van der Waals surface area contributed by atoms with Gasteiger partial charge in [-0.1, -0.05) is 36.8 Å². The lowest BCUT2D eigenvalue weighted by atomic mass is 10.2. The highest BCUT2D eigenvalue weighted by Crippen LogP contribution is 2.19. The Hall–Kier alpha value is -3.54. The fourth-order valence-electron chi connectivity index (χ4n) is 3.93. The predicted molar refractivity (Wildman–Crippen MR) is 130 cm³/mol. The number of benzene rings is 2. The molecule has 33 heavy (non-hydrogen) atoms. The molecule has 0 aliphatic carbocycles. The van der Waals surface area contributed by atoms with Gasteiger partial charge >= 0.3 is 0 Å². The SMILES string of the molecule is O=C(NCCCCCc1nc2ccccc2n1CCCCOc1ccccc1)c1ccco1. The Morgan fingerprint density at radius 2 is 1.76 bits per heavy atom. The quantitative estimate of drug-likeness (QED) is 0.271. The van der Waals surface area contributed by atoms with Crippen LogP contribution in [-0.2, 0) is 13.0 Å². The first-order valence-electron chi connectivity index (χ1n) is 11.7. The van der Waals surface area contributed by atoms with E-state index in [2.05, 4.69) is 28.1 Å². The number of aryl methyl sites for hydroxylation is 2. The highest BCUT2D eigenvalue weighted by atomic mass is 16.5. The summed E-state index contributed by atoms with van der Waals surface area (Å²) in [5, 5.41) is 2.90. The summed E-state index contributed by atoms with van der Waals surface area (Å²) in [5.41, 5.74) is 2.25. The zero-order chi connectivity index (χ0) is 22.7. The van der Waals surface area contributed by atoms with Gasteiger partial charge in [0.1, 0.15) is 11.6 Å². The van der Waals surface area contributed by atoms with Gasteiger partial charge in [-0.15, -0.1) is 0 Å². The molecule has 1 amide bonds. The molecule has 0 aliphatic heterocycles. The summed E-state index contributed by atoms with van der Waals surface area (Å²) < 4.78 is 13.3. The van der Waals surface area contributed by atoms with E-state index in [1.165, 1.54) is 11.8 Å². The minimum absolute atomic E-state index is 0.155. The molecule has 0 aliphatic rings. The minimum Gasteiger partial charge on any atom is -0.494 e. The molecule has 0 saturated heterocycles. The van der Waals surface area contributed by atoms with Crippen molar-refractivity contribution >= 4 is 16.9 Å². The molecule has 4 rings (SSSR count). The first-order chi connectivity index (χ1) is 16.3. The Kier molecular flexibility index (Phi) is 8.17. The molecule has 0 bridgehead atoms. The number of para-hydroxylation sites is 3. The lowest BCUT2D eigenvalue weighted by molar-refractivity contribution is 0.0925. The van der Waals surface area contributed by atoms with E-state index >= 15 is 0 Å². The number of furan rings is 1. The highest BCUT2D eigenvalue weighted by molar-refractivity contribution is 5.91. The van der Waals surface area contributed by atoms with Gasteiger partial charge in [-0.05, 0) is 62.1 Å². The first-order valence-corrected chi connectivity index (χ1v) is 11.7. The monoisotopic (exact) mass is 445 g/mol. The van der Waals surface area contributed by atoms with Gasteiger partial charge in [0.2, 0.25) is 0 Å². The van der Waals surface area contributed by atoms with Gasteiger partial charge in [0.15, 0.2) is 5.76 Å². The Balaban J connectivity index is 1.22. The van der Waals surface area contributed by atoms with Crippen LogP contribution < -0.4 is 10.1 Å². The fourth-order valence-corrected chi connectivity index (χ4v) is 3.93. The summed E-state index contributed by atoms with van der Waals surface area (Å²) in [6.45, 7) is 2.31. The summed E-state index contributed by atoms with van der Waals surface area (Å²) >= 11 is 0. The lowest BCUT2D eigenvalue weighted by Gasteiger charge is -2.10. The third kappa shape index (κ3) is 6.48. The van der Waals surface area contributed by atoms with Crippen LogP contribution in [0, 0.1) is 0 Å². The molecular weight excluding hydrogens is 414 g/mol. The van der Waals surface area contributed by atoms with E-state index in [4.69, 9.17) is 14.1 Å². The number of imidazole rings is 1. The third-order valence-corrected chi connectivity index (χ3v) is 5.63. The van der Waals surface area contributed by atoms with E-state index in [0.717, 1.165) is 68.8 Å². The Morgan fingerprint density at radius 3 is 2.61 bits per heavy atom. The van der Waals surface area contributed by atoms with Crippen molar-refractivity contribution in [2.45, 2.75) is 45.1 Å². The fraction of sp³-hybridized carbons (Fsp3) is 0.333. The molecule has 172 valence electrons. The van der Waals surface area contributed by atoms with Gasteiger partial charge < -0.3 is 19.0 Å². The first kappa shape index (κ1) is 22.6. The van der Waals surface area contributed by atoms with Gasteiger partial charge in [-0.2, -0.15) is 0 Å². The number of amides is 1. The van der Waals surface area contributed by atoms with E-state index in [1.54, 1.807) is 12.1 Å². The number of fused-ring (bicyclic) bond motifs is 1. The standard InChI is InChI=1S/C27H31N3O3/c31-27(25-16-11-21-33-25)28-18-8-2-5-17-26-29-23-14-6-7-15-24(23)30(26)19-9-10-20-32-22-12-3-1-4-13-22/h1,3-4,6-7,11-16,21H,2,5,8-10,17-20H2,(H,28,31). The minimum atomic E-state index is -0.155. The maximum atomic E-state index is 11.9. The maximum Gasteiger partial charge on any atom is 0.286 e. The van der Waals surface area contributed by atoms with E-state index < -0.39 is 0 Å². The number of unbranched alkanes of at least 4 members (excludes halogenated alkanes) is 3. The van der Waals surface area contributed by atoms with E-state index in [9.17, 15) is 4.79 Å². The van der Waals surface area contributed by atoms with Crippen LogP contribution in [0.1, 0.15) is 48.5 Å². The summed E-state index contributed by atoms with van der Waals surface area (Å²) in [4.78, 5) is 16.8. The number of ether oxygens (including phenoxy) is 1. The molecule has 0 atom stereocenters. The molecule has 0 fully saturated rings.